The minimum atomic E-state index is -0.572. The molecule has 0 unspecified atom stereocenters. The van der Waals surface area contributed by atoms with E-state index in [-0.39, 0.29) is 17.3 Å². The number of amides is 1. The number of carbonyl (C=O) groups excluding carboxylic acids is 1. The van der Waals surface area contributed by atoms with Gasteiger partial charge in [-0.3, -0.25) is 14.9 Å². The quantitative estimate of drug-likeness (QED) is 0.553. The second kappa shape index (κ2) is 8.70. The fourth-order valence-electron chi connectivity index (χ4n) is 2.28. The van der Waals surface area contributed by atoms with E-state index in [4.69, 9.17) is 9.47 Å². The lowest BCUT2D eigenvalue weighted by Crippen LogP contribution is -2.32. The highest BCUT2D eigenvalue weighted by molar-refractivity contribution is 5.97. The summed E-state index contributed by atoms with van der Waals surface area (Å²) in [5.74, 6) is 0.742. The third-order valence-corrected chi connectivity index (χ3v) is 3.59. The highest BCUT2D eigenvalue weighted by atomic mass is 16.6. The number of carbonyl (C=O) groups is 1. The zero-order valence-corrected chi connectivity index (χ0v) is 14.8. The Morgan fingerprint density at radius 3 is 2.50 bits per heavy atom. The Hall–Kier alpha value is -3.29. The second-order valence-corrected chi connectivity index (χ2v) is 5.45. The van der Waals surface area contributed by atoms with Gasteiger partial charge in [0, 0.05) is 17.8 Å². The molecule has 2 aromatic rings. The molecule has 0 saturated carbocycles. The Morgan fingerprint density at radius 1 is 1.23 bits per heavy atom. The molecule has 0 spiro atoms. The van der Waals surface area contributed by atoms with Crippen LogP contribution in [0.15, 0.2) is 42.5 Å². The van der Waals surface area contributed by atoms with Crippen molar-refractivity contribution >= 4 is 23.0 Å². The Kier molecular flexibility index (Phi) is 6.37. The average Bonchev–Trinajstić information content (AvgIpc) is 2.63. The molecule has 1 atom stereocenters. The number of non-ortho nitro benzene ring substituents is 1. The molecular weight excluding hydrogens is 338 g/mol. The van der Waals surface area contributed by atoms with Crippen LogP contribution in [0.5, 0.6) is 11.5 Å². The molecule has 0 bridgehead atoms. The fourth-order valence-corrected chi connectivity index (χ4v) is 2.28. The molecule has 0 aromatic heterocycles. The Morgan fingerprint density at radius 2 is 1.92 bits per heavy atom. The molecule has 1 amide bonds. The molecule has 8 heteroatoms. The van der Waals surface area contributed by atoms with Crippen LogP contribution < -0.4 is 20.1 Å². The molecule has 138 valence electrons. The predicted octanol–water partition coefficient (Wildman–Crippen LogP) is 3.44. The highest BCUT2D eigenvalue weighted by Gasteiger charge is 2.17. The number of ether oxygens (including phenoxy) is 2. The molecule has 0 heterocycles. The van der Waals surface area contributed by atoms with E-state index in [0.29, 0.717) is 12.4 Å². The van der Waals surface area contributed by atoms with Crippen LogP contribution >= 0.6 is 0 Å². The summed E-state index contributed by atoms with van der Waals surface area (Å²) in [6, 6.07) is 10.7. The lowest BCUT2D eigenvalue weighted by molar-refractivity contribution is -0.384. The zero-order chi connectivity index (χ0) is 19.1. The molecule has 2 rings (SSSR count). The van der Waals surface area contributed by atoms with Gasteiger partial charge >= 0.3 is 0 Å². The number of nitrogens with one attached hydrogen (secondary N) is 2. The normalized spacial score (nSPS) is 11.3. The van der Waals surface area contributed by atoms with E-state index >= 15 is 0 Å². The van der Waals surface area contributed by atoms with Gasteiger partial charge in [-0.2, -0.15) is 0 Å². The van der Waals surface area contributed by atoms with Gasteiger partial charge in [0.2, 0.25) is 5.91 Å². The maximum Gasteiger partial charge on any atom is 0.271 e. The number of hydrogen-bond donors (Lipinski definition) is 2. The Bertz CT molecular complexity index is 777. The number of nitrogens with zero attached hydrogens (tertiary/aromatic N) is 1. The van der Waals surface area contributed by atoms with Crippen LogP contribution in [0.3, 0.4) is 0 Å². The van der Waals surface area contributed by atoms with Crippen LogP contribution in [-0.2, 0) is 4.79 Å². The third kappa shape index (κ3) is 4.85. The summed E-state index contributed by atoms with van der Waals surface area (Å²) in [5.41, 5.74) is 0.863. The summed E-state index contributed by atoms with van der Waals surface area (Å²) in [4.78, 5) is 22.8. The number of methoxy groups -OCH3 is 1. The number of benzene rings is 2. The summed E-state index contributed by atoms with van der Waals surface area (Å²) in [5, 5.41) is 16.6. The minimum absolute atomic E-state index is 0.131. The summed E-state index contributed by atoms with van der Waals surface area (Å²) >= 11 is 0. The smallest absolute Gasteiger partial charge is 0.271 e. The molecule has 0 saturated heterocycles. The monoisotopic (exact) mass is 359 g/mol. The van der Waals surface area contributed by atoms with Crippen molar-refractivity contribution in [3.63, 3.8) is 0 Å². The van der Waals surface area contributed by atoms with Gasteiger partial charge in [-0.25, -0.2) is 0 Å². The molecule has 0 aliphatic carbocycles. The van der Waals surface area contributed by atoms with Gasteiger partial charge in [0.05, 0.1) is 24.3 Å². The van der Waals surface area contributed by atoms with Crippen LogP contribution in [-0.4, -0.2) is 30.6 Å². The van der Waals surface area contributed by atoms with E-state index < -0.39 is 11.0 Å². The lowest BCUT2D eigenvalue weighted by atomic mass is 10.2. The summed E-state index contributed by atoms with van der Waals surface area (Å²) < 4.78 is 10.5. The summed E-state index contributed by atoms with van der Waals surface area (Å²) in [7, 11) is 1.43. The van der Waals surface area contributed by atoms with Crippen molar-refractivity contribution in [1.82, 2.24) is 0 Å². The third-order valence-electron chi connectivity index (χ3n) is 3.59. The molecule has 0 aliphatic rings. The first-order chi connectivity index (χ1) is 12.4. The van der Waals surface area contributed by atoms with Crippen molar-refractivity contribution in [1.29, 1.82) is 0 Å². The Labute approximate surface area is 151 Å². The highest BCUT2D eigenvalue weighted by Crippen LogP contribution is 2.29. The molecule has 8 nitrogen and oxygen atoms in total. The zero-order valence-electron chi connectivity index (χ0n) is 14.8. The minimum Gasteiger partial charge on any atom is -0.495 e. The number of anilines is 2. The van der Waals surface area contributed by atoms with Crippen LogP contribution in [0.25, 0.3) is 0 Å². The fraction of sp³-hybridized carbons (Fsp3) is 0.278. The van der Waals surface area contributed by atoms with E-state index in [9.17, 15) is 14.9 Å². The van der Waals surface area contributed by atoms with Gasteiger partial charge in [-0.15, -0.1) is 0 Å². The van der Waals surface area contributed by atoms with Gasteiger partial charge in [-0.1, -0.05) is 0 Å². The standard InChI is InChI=1S/C18H21N3O5/c1-4-26-15-8-5-13(6-9-15)19-12(2)18(22)20-16-11-14(21(23)24)7-10-17(16)25-3/h5-12,19H,4H2,1-3H3,(H,20,22)/t12-/m0/s1. The molecule has 0 fully saturated rings. The van der Waals surface area contributed by atoms with E-state index in [0.717, 1.165) is 11.4 Å². The number of hydrogen-bond acceptors (Lipinski definition) is 6. The van der Waals surface area contributed by atoms with Crippen LogP contribution in [0.1, 0.15) is 13.8 Å². The van der Waals surface area contributed by atoms with Crippen molar-refractivity contribution in [3.8, 4) is 11.5 Å². The van der Waals surface area contributed by atoms with Crippen LogP contribution in [0.4, 0.5) is 17.1 Å². The number of nitro benzene ring substituents is 1. The largest absolute Gasteiger partial charge is 0.495 e. The SMILES string of the molecule is CCOc1ccc(N[C@@H](C)C(=O)Nc2cc([N+](=O)[O-])ccc2OC)cc1. The average molecular weight is 359 g/mol. The van der Waals surface area contributed by atoms with Crippen molar-refractivity contribution < 1.29 is 19.2 Å². The molecule has 2 aromatic carbocycles. The van der Waals surface area contributed by atoms with Gasteiger partial charge in [0.15, 0.2) is 0 Å². The van der Waals surface area contributed by atoms with E-state index in [1.54, 1.807) is 19.1 Å². The molecule has 26 heavy (non-hydrogen) atoms. The summed E-state index contributed by atoms with van der Waals surface area (Å²) in [6.45, 7) is 4.17. The Balaban J connectivity index is 2.06. The summed E-state index contributed by atoms with van der Waals surface area (Å²) in [6.07, 6.45) is 0. The van der Waals surface area contributed by atoms with Crippen LogP contribution in [0.2, 0.25) is 0 Å². The van der Waals surface area contributed by atoms with Crippen molar-refractivity contribution in [2.45, 2.75) is 19.9 Å². The first-order valence-electron chi connectivity index (χ1n) is 8.07. The number of rotatable bonds is 8. The topological polar surface area (TPSA) is 103 Å². The first-order valence-corrected chi connectivity index (χ1v) is 8.07. The van der Waals surface area contributed by atoms with Gasteiger partial charge < -0.3 is 20.1 Å². The van der Waals surface area contributed by atoms with Gasteiger partial charge in [0.1, 0.15) is 17.5 Å². The second-order valence-electron chi connectivity index (χ2n) is 5.45. The van der Waals surface area contributed by atoms with Crippen molar-refractivity contribution in [2.24, 2.45) is 0 Å². The number of nitro groups is 1. The maximum absolute atomic E-state index is 12.4. The first kappa shape index (κ1) is 19.0. The molecule has 0 radical (unpaired) electrons. The van der Waals surface area contributed by atoms with E-state index in [1.165, 1.54) is 25.3 Å². The van der Waals surface area contributed by atoms with E-state index in [1.807, 2.05) is 19.1 Å². The van der Waals surface area contributed by atoms with Crippen LogP contribution in [0, 0.1) is 10.1 Å². The van der Waals surface area contributed by atoms with Crippen molar-refractivity contribution in [2.75, 3.05) is 24.4 Å². The van der Waals surface area contributed by atoms with Gasteiger partial charge in [-0.05, 0) is 44.2 Å². The lowest BCUT2D eigenvalue weighted by Gasteiger charge is -2.17. The van der Waals surface area contributed by atoms with Crippen molar-refractivity contribution in [3.05, 3.63) is 52.6 Å². The van der Waals surface area contributed by atoms with E-state index in [2.05, 4.69) is 10.6 Å². The molecule has 2 N–H and O–H groups in total. The maximum atomic E-state index is 12.4. The molecule has 0 aliphatic heterocycles. The molecular formula is C18H21N3O5. The van der Waals surface area contributed by atoms with Gasteiger partial charge in [0.25, 0.3) is 5.69 Å². The predicted molar refractivity (Wildman–Crippen MR) is 99.0 cm³/mol.